The zero-order valence-corrected chi connectivity index (χ0v) is 10.3. The molecule has 2 heteroatoms. The van der Waals surface area contributed by atoms with Gasteiger partial charge in [-0.25, -0.2) is 0 Å². The SMILES string of the molecule is CC(C1CC1)N(C)C1CCCCC1CN. The molecule has 2 saturated carbocycles. The summed E-state index contributed by atoms with van der Waals surface area (Å²) in [5.74, 6) is 1.74. The van der Waals surface area contributed by atoms with E-state index in [-0.39, 0.29) is 0 Å². The van der Waals surface area contributed by atoms with E-state index < -0.39 is 0 Å². The normalized spacial score (nSPS) is 34.4. The van der Waals surface area contributed by atoms with Crippen molar-refractivity contribution in [2.45, 2.75) is 57.5 Å². The molecule has 0 aliphatic heterocycles. The van der Waals surface area contributed by atoms with Crippen LogP contribution in [0, 0.1) is 11.8 Å². The third-order valence-electron chi connectivity index (χ3n) is 4.64. The zero-order valence-electron chi connectivity index (χ0n) is 10.3. The number of nitrogens with zero attached hydrogens (tertiary/aromatic N) is 1. The van der Waals surface area contributed by atoms with Crippen molar-refractivity contribution in [2.24, 2.45) is 17.6 Å². The number of nitrogens with two attached hydrogens (primary N) is 1. The second kappa shape index (κ2) is 4.84. The molecule has 2 nitrogen and oxygen atoms in total. The molecule has 0 aromatic rings. The molecule has 2 aliphatic rings. The van der Waals surface area contributed by atoms with Crippen molar-refractivity contribution in [3.05, 3.63) is 0 Å². The minimum atomic E-state index is 0.755. The Labute approximate surface area is 94.2 Å². The summed E-state index contributed by atoms with van der Waals surface area (Å²) in [6, 6.07) is 1.54. The van der Waals surface area contributed by atoms with E-state index in [0.29, 0.717) is 0 Å². The Morgan fingerprint density at radius 2 is 1.87 bits per heavy atom. The van der Waals surface area contributed by atoms with Gasteiger partial charge in [0.1, 0.15) is 0 Å². The average molecular weight is 210 g/mol. The lowest BCUT2D eigenvalue weighted by Gasteiger charge is -2.40. The van der Waals surface area contributed by atoms with Crippen LogP contribution in [0.25, 0.3) is 0 Å². The van der Waals surface area contributed by atoms with E-state index in [9.17, 15) is 0 Å². The van der Waals surface area contributed by atoms with Gasteiger partial charge in [-0.1, -0.05) is 12.8 Å². The van der Waals surface area contributed by atoms with Gasteiger partial charge in [0, 0.05) is 12.1 Å². The summed E-state index contributed by atoms with van der Waals surface area (Å²) in [6.45, 7) is 3.28. The van der Waals surface area contributed by atoms with E-state index in [1.54, 1.807) is 0 Å². The van der Waals surface area contributed by atoms with Crippen molar-refractivity contribution < 1.29 is 0 Å². The third kappa shape index (κ3) is 2.54. The molecular formula is C13H26N2. The fourth-order valence-corrected chi connectivity index (χ4v) is 3.21. The van der Waals surface area contributed by atoms with Gasteiger partial charge in [-0.05, 0) is 58.0 Å². The van der Waals surface area contributed by atoms with Crippen LogP contribution in [-0.2, 0) is 0 Å². The predicted molar refractivity (Wildman–Crippen MR) is 64.7 cm³/mol. The fourth-order valence-electron chi connectivity index (χ4n) is 3.21. The second-order valence-corrected chi connectivity index (χ2v) is 5.59. The van der Waals surface area contributed by atoms with E-state index >= 15 is 0 Å². The van der Waals surface area contributed by atoms with Gasteiger partial charge in [0.05, 0.1) is 0 Å². The monoisotopic (exact) mass is 210 g/mol. The first kappa shape index (κ1) is 11.4. The summed E-state index contributed by atoms with van der Waals surface area (Å²) in [5.41, 5.74) is 5.90. The summed E-state index contributed by atoms with van der Waals surface area (Å²) < 4.78 is 0. The van der Waals surface area contributed by atoms with Crippen LogP contribution in [0.15, 0.2) is 0 Å². The molecule has 15 heavy (non-hydrogen) atoms. The van der Waals surface area contributed by atoms with Gasteiger partial charge >= 0.3 is 0 Å². The van der Waals surface area contributed by atoms with Crippen molar-refractivity contribution in [2.75, 3.05) is 13.6 Å². The van der Waals surface area contributed by atoms with Crippen molar-refractivity contribution in [3.63, 3.8) is 0 Å². The van der Waals surface area contributed by atoms with Gasteiger partial charge < -0.3 is 10.6 Å². The van der Waals surface area contributed by atoms with Crippen molar-refractivity contribution in [1.29, 1.82) is 0 Å². The predicted octanol–water partition coefficient (Wildman–Crippen LogP) is 2.23. The molecule has 2 N–H and O–H groups in total. The van der Waals surface area contributed by atoms with Crippen LogP contribution >= 0.6 is 0 Å². The molecule has 3 atom stereocenters. The molecule has 88 valence electrons. The van der Waals surface area contributed by atoms with Crippen LogP contribution in [0.5, 0.6) is 0 Å². The molecule has 2 rings (SSSR count). The van der Waals surface area contributed by atoms with E-state index in [0.717, 1.165) is 30.5 Å². The fraction of sp³-hybridized carbons (Fsp3) is 1.00. The van der Waals surface area contributed by atoms with Gasteiger partial charge in [0.2, 0.25) is 0 Å². The maximum absolute atomic E-state index is 5.90. The minimum absolute atomic E-state index is 0.755. The third-order valence-corrected chi connectivity index (χ3v) is 4.64. The van der Waals surface area contributed by atoms with Gasteiger partial charge in [0.25, 0.3) is 0 Å². The lowest BCUT2D eigenvalue weighted by Crippen LogP contribution is -2.47. The van der Waals surface area contributed by atoms with Gasteiger partial charge in [-0.15, -0.1) is 0 Å². The molecule has 0 heterocycles. The summed E-state index contributed by atoms with van der Waals surface area (Å²) in [6.07, 6.45) is 8.42. The zero-order chi connectivity index (χ0) is 10.8. The minimum Gasteiger partial charge on any atom is -0.330 e. The van der Waals surface area contributed by atoms with Crippen molar-refractivity contribution in [3.8, 4) is 0 Å². The molecule has 0 aromatic carbocycles. The highest BCUT2D eigenvalue weighted by Crippen LogP contribution is 2.37. The summed E-state index contributed by atoms with van der Waals surface area (Å²) >= 11 is 0. The van der Waals surface area contributed by atoms with Crippen LogP contribution in [-0.4, -0.2) is 30.6 Å². The molecule has 0 saturated heterocycles. The molecule has 0 aromatic heterocycles. The topological polar surface area (TPSA) is 29.3 Å². The quantitative estimate of drug-likeness (QED) is 0.771. The van der Waals surface area contributed by atoms with Gasteiger partial charge in [-0.3, -0.25) is 0 Å². The highest BCUT2D eigenvalue weighted by Gasteiger charge is 2.36. The summed E-state index contributed by atoms with van der Waals surface area (Å²) in [5, 5.41) is 0. The highest BCUT2D eigenvalue weighted by molar-refractivity contribution is 4.90. The molecule has 0 amide bonds. The molecule has 3 unspecified atom stereocenters. The van der Waals surface area contributed by atoms with Crippen LogP contribution in [0.2, 0.25) is 0 Å². The number of hydrogen-bond acceptors (Lipinski definition) is 2. The van der Waals surface area contributed by atoms with E-state index in [1.165, 1.54) is 38.5 Å². The van der Waals surface area contributed by atoms with E-state index in [1.807, 2.05) is 0 Å². The number of rotatable bonds is 4. The average Bonchev–Trinajstić information content (AvgIpc) is 3.11. The lowest BCUT2D eigenvalue weighted by molar-refractivity contribution is 0.0897. The Kier molecular flexibility index (Phi) is 3.68. The molecule has 0 spiro atoms. The van der Waals surface area contributed by atoms with E-state index in [4.69, 9.17) is 5.73 Å². The Hall–Kier alpha value is -0.0800. The van der Waals surface area contributed by atoms with E-state index in [2.05, 4.69) is 18.9 Å². The molecule has 2 aliphatic carbocycles. The molecular weight excluding hydrogens is 184 g/mol. The van der Waals surface area contributed by atoms with Gasteiger partial charge in [0.15, 0.2) is 0 Å². The van der Waals surface area contributed by atoms with Crippen LogP contribution < -0.4 is 5.73 Å². The highest BCUT2D eigenvalue weighted by atomic mass is 15.2. The first-order valence-electron chi connectivity index (χ1n) is 6.66. The lowest BCUT2D eigenvalue weighted by atomic mass is 9.83. The largest absolute Gasteiger partial charge is 0.330 e. The molecule has 2 fully saturated rings. The smallest absolute Gasteiger partial charge is 0.0135 e. The maximum Gasteiger partial charge on any atom is 0.0135 e. The van der Waals surface area contributed by atoms with Gasteiger partial charge in [-0.2, -0.15) is 0 Å². The summed E-state index contributed by atoms with van der Waals surface area (Å²) in [7, 11) is 2.32. The van der Waals surface area contributed by atoms with Crippen molar-refractivity contribution in [1.82, 2.24) is 4.90 Å². The molecule has 0 bridgehead atoms. The Morgan fingerprint density at radius 3 is 2.47 bits per heavy atom. The Bertz CT molecular complexity index is 201. The van der Waals surface area contributed by atoms with Crippen LogP contribution in [0.3, 0.4) is 0 Å². The number of hydrogen-bond donors (Lipinski definition) is 1. The van der Waals surface area contributed by atoms with Crippen LogP contribution in [0.4, 0.5) is 0 Å². The Balaban J connectivity index is 1.93. The van der Waals surface area contributed by atoms with Crippen LogP contribution in [0.1, 0.15) is 45.4 Å². The first-order chi connectivity index (χ1) is 7.24. The first-order valence-corrected chi connectivity index (χ1v) is 6.66. The maximum atomic E-state index is 5.90. The second-order valence-electron chi connectivity index (χ2n) is 5.59. The standard InChI is InChI=1S/C13H26N2/c1-10(11-7-8-11)15(2)13-6-4-3-5-12(13)9-14/h10-13H,3-9,14H2,1-2H3. The van der Waals surface area contributed by atoms with Crippen molar-refractivity contribution >= 4 is 0 Å². The molecule has 0 radical (unpaired) electrons. The Morgan fingerprint density at radius 1 is 1.20 bits per heavy atom. The summed E-state index contributed by atoms with van der Waals surface area (Å²) in [4.78, 5) is 2.63.